The van der Waals surface area contributed by atoms with Crippen molar-refractivity contribution < 1.29 is 22.7 Å². The molecular formula is C24H30N2O5S. The first-order valence-corrected chi connectivity index (χ1v) is 12.7. The molecule has 0 atom stereocenters. The maximum absolute atomic E-state index is 12.8. The Hall–Kier alpha value is -2.42. The number of sulfonamides is 1. The van der Waals surface area contributed by atoms with Crippen LogP contribution in [0, 0.1) is 0 Å². The van der Waals surface area contributed by atoms with E-state index in [0.29, 0.717) is 50.9 Å². The van der Waals surface area contributed by atoms with Crippen molar-refractivity contribution in [1.82, 2.24) is 4.31 Å². The monoisotopic (exact) mass is 458 g/mol. The Balaban J connectivity index is 1.33. The number of anilines is 1. The lowest BCUT2D eigenvalue weighted by Crippen LogP contribution is -2.40. The Bertz CT molecular complexity index is 1030. The molecule has 172 valence electrons. The highest BCUT2D eigenvalue weighted by Crippen LogP contribution is 2.25. The molecule has 1 amide bonds. The number of hydrogen-bond acceptors (Lipinski definition) is 5. The number of carbonyl (C=O) groups is 1. The molecule has 7 nitrogen and oxygen atoms in total. The van der Waals surface area contributed by atoms with Crippen LogP contribution in [0.5, 0.6) is 5.75 Å². The van der Waals surface area contributed by atoms with E-state index in [1.165, 1.54) is 23.2 Å². The molecule has 32 heavy (non-hydrogen) atoms. The number of rotatable bonds is 8. The van der Waals surface area contributed by atoms with Crippen LogP contribution in [0.1, 0.15) is 37.7 Å². The first-order chi connectivity index (χ1) is 15.5. The van der Waals surface area contributed by atoms with Crippen LogP contribution >= 0.6 is 0 Å². The highest BCUT2D eigenvalue weighted by molar-refractivity contribution is 7.89. The van der Waals surface area contributed by atoms with E-state index in [2.05, 4.69) is 5.32 Å². The zero-order chi connectivity index (χ0) is 22.4. The Morgan fingerprint density at radius 3 is 2.59 bits per heavy atom. The van der Waals surface area contributed by atoms with Crippen LogP contribution in [0.15, 0.2) is 53.4 Å². The van der Waals surface area contributed by atoms with Crippen molar-refractivity contribution in [2.45, 2.75) is 49.5 Å². The third kappa shape index (κ3) is 5.88. The lowest BCUT2D eigenvalue weighted by molar-refractivity contribution is -0.116. The normalized spacial score (nSPS) is 17.9. The molecule has 1 saturated heterocycles. The summed E-state index contributed by atoms with van der Waals surface area (Å²) >= 11 is 0. The van der Waals surface area contributed by atoms with Crippen molar-refractivity contribution in [3.63, 3.8) is 0 Å². The van der Waals surface area contributed by atoms with E-state index >= 15 is 0 Å². The summed E-state index contributed by atoms with van der Waals surface area (Å²) in [5.41, 5.74) is 1.52. The van der Waals surface area contributed by atoms with E-state index in [1.54, 1.807) is 18.2 Å². The second-order valence-corrected chi connectivity index (χ2v) is 10.2. The maximum Gasteiger partial charge on any atom is 0.243 e. The summed E-state index contributed by atoms with van der Waals surface area (Å²) in [7, 11) is -3.60. The predicted octanol–water partition coefficient (Wildman–Crippen LogP) is 3.60. The Morgan fingerprint density at radius 1 is 1.06 bits per heavy atom. The van der Waals surface area contributed by atoms with Gasteiger partial charge >= 0.3 is 0 Å². The zero-order valence-corrected chi connectivity index (χ0v) is 19.0. The second-order valence-electron chi connectivity index (χ2n) is 8.26. The quantitative estimate of drug-likeness (QED) is 0.653. The summed E-state index contributed by atoms with van der Waals surface area (Å²) in [5, 5.41) is 2.82. The van der Waals surface area contributed by atoms with E-state index in [1.807, 2.05) is 24.3 Å². The zero-order valence-electron chi connectivity index (χ0n) is 18.2. The average molecular weight is 459 g/mol. The van der Waals surface area contributed by atoms with Gasteiger partial charge in [-0.05, 0) is 68.0 Å². The molecule has 2 aromatic carbocycles. The number of nitrogens with one attached hydrogen (secondary N) is 1. The Labute approximate surface area is 189 Å². The fourth-order valence-electron chi connectivity index (χ4n) is 4.12. The van der Waals surface area contributed by atoms with Crippen molar-refractivity contribution in [2.24, 2.45) is 0 Å². The molecule has 2 aromatic rings. The summed E-state index contributed by atoms with van der Waals surface area (Å²) in [5.74, 6) is 0.698. The maximum atomic E-state index is 12.8. The van der Waals surface area contributed by atoms with Gasteiger partial charge in [0, 0.05) is 25.2 Å². The topological polar surface area (TPSA) is 84.9 Å². The molecule has 1 heterocycles. The van der Waals surface area contributed by atoms with Gasteiger partial charge < -0.3 is 14.8 Å². The predicted molar refractivity (Wildman–Crippen MR) is 122 cm³/mol. The average Bonchev–Trinajstić information content (AvgIpc) is 3.32. The van der Waals surface area contributed by atoms with Crippen LogP contribution < -0.4 is 10.1 Å². The Morgan fingerprint density at radius 2 is 1.81 bits per heavy atom. The largest absolute Gasteiger partial charge is 0.490 e. The summed E-state index contributed by atoms with van der Waals surface area (Å²) in [6, 6.07) is 14.3. The van der Waals surface area contributed by atoms with Crippen LogP contribution in [0.4, 0.5) is 5.69 Å². The van der Waals surface area contributed by atoms with Gasteiger partial charge in [-0.1, -0.05) is 18.2 Å². The fourth-order valence-corrected chi connectivity index (χ4v) is 5.58. The second kappa shape index (κ2) is 10.5. The van der Waals surface area contributed by atoms with Gasteiger partial charge in [-0.15, -0.1) is 0 Å². The minimum absolute atomic E-state index is 0.159. The van der Waals surface area contributed by atoms with E-state index in [9.17, 15) is 13.2 Å². The minimum Gasteiger partial charge on any atom is -0.490 e. The third-order valence-electron chi connectivity index (χ3n) is 5.87. The number of ether oxygens (including phenoxy) is 2. The molecule has 1 N–H and O–H groups in total. The van der Waals surface area contributed by atoms with Gasteiger partial charge in [0.05, 0.1) is 24.2 Å². The molecule has 0 spiro atoms. The van der Waals surface area contributed by atoms with Crippen LogP contribution in [0.2, 0.25) is 0 Å². The number of hydrogen-bond donors (Lipinski definition) is 1. The van der Waals surface area contributed by atoms with Crippen molar-refractivity contribution in [3.8, 4) is 5.75 Å². The van der Waals surface area contributed by atoms with Gasteiger partial charge in [0.15, 0.2) is 0 Å². The van der Waals surface area contributed by atoms with Crippen LogP contribution in [-0.4, -0.2) is 51.0 Å². The van der Waals surface area contributed by atoms with E-state index < -0.39 is 10.0 Å². The Kier molecular flexibility index (Phi) is 7.44. The number of carbonyl (C=O) groups excluding carboxylic acids is 1. The molecule has 0 aromatic heterocycles. The smallest absolute Gasteiger partial charge is 0.243 e. The first-order valence-electron chi connectivity index (χ1n) is 11.2. The van der Waals surface area contributed by atoms with Gasteiger partial charge in [-0.2, -0.15) is 4.31 Å². The van der Waals surface area contributed by atoms with E-state index in [4.69, 9.17) is 9.47 Å². The molecular weight excluding hydrogens is 428 g/mol. The minimum atomic E-state index is -3.60. The summed E-state index contributed by atoms with van der Waals surface area (Å²) in [6.07, 6.45) is 5.83. The number of benzene rings is 2. The molecule has 1 aliphatic carbocycles. The highest BCUT2D eigenvalue weighted by Gasteiger charge is 2.26. The third-order valence-corrected chi connectivity index (χ3v) is 7.76. The molecule has 0 unspecified atom stereocenters. The van der Waals surface area contributed by atoms with Crippen LogP contribution in [-0.2, 0) is 26.0 Å². The lowest BCUT2D eigenvalue weighted by atomic mass is 10.1. The van der Waals surface area contributed by atoms with Crippen LogP contribution in [0.3, 0.4) is 0 Å². The van der Waals surface area contributed by atoms with E-state index in [0.717, 1.165) is 24.2 Å². The van der Waals surface area contributed by atoms with Gasteiger partial charge in [0.2, 0.25) is 15.9 Å². The fraction of sp³-hybridized carbons (Fsp3) is 0.458. The molecule has 8 heteroatoms. The number of amides is 1. The van der Waals surface area contributed by atoms with E-state index in [-0.39, 0.29) is 10.8 Å². The summed E-state index contributed by atoms with van der Waals surface area (Å²) in [4.78, 5) is 12.7. The van der Waals surface area contributed by atoms with Crippen molar-refractivity contribution >= 4 is 21.6 Å². The van der Waals surface area contributed by atoms with Gasteiger partial charge in [-0.3, -0.25) is 4.79 Å². The summed E-state index contributed by atoms with van der Waals surface area (Å²) < 4.78 is 38.4. The molecule has 0 radical (unpaired) electrons. The summed E-state index contributed by atoms with van der Waals surface area (Å²) in [6.45, 7) is 1.45. The molecule has 1 aliphatic heterocycles. The SMILES string of the molecule is O=C(CCc1cccc(OC2CCCC2)c1)Nc1cccc(S(=O)(=O)N2CCOCC2)c1. The molecule has 2 aliphatic rings. The number of morpholine rings is 1. The van der Waals surface area contributed by atoms with Crippen molar-refractivity contribution in [1.29, 1.82) is 0 Å². The first kappa shape index (κ1) is 22.8. The molecule has 1 saturated carbocycles. The van der Waals surface area contributed by atoms with Crippen LogP contribution in [0.25, 0.3) is 0 Å². The van der Waals surface area contributed by atoms with Crippen molar-refractivity contribution in [2.75, 3.05) is 31.6 Å². The molecule has 2 fully saturated rings. The highest BCUT2D eigenvalue weighted by atomic mass is 32.2. The molecule has 4 rings (SSSR count). The lowest BCUT2D eigenvalue weighted by Gasteiger charge is -2.26. The molecule has 0 bridgehead atoms. The van der Waals surface area contributed by atoms with Gasteiger partial charge in [0.1, 0.15) is 5.75 Å². The van der Waals surface area contributed by atoms with Crippen molar-refractivity contribution in [3.05, 3.63) is 54.1 Å². The van der Waals surface area contributed by atoms with Gasteiger partial charge in [0.25, 0.3) is 0 Å². The number of nitrogens with zero attached hydrogens (tertiary/aromatic N) is 1. The van der Waals surface area contributed by atoms with Gasteiger partial charge in [-0.25, -0.2) is 8.42 Å². The standard InChI is InChI=1S/C24H30N2O5S/c27-24(12-11-19-5-3-9-22(17-19)31-21-7-1-2-8-21)25-20-6-4-10-23(18-20)32(28,29)26-13-15-30-16-14-26/h3-6,9-10,17-18,21H,1-2,7-8,11-16H2,(H,25,27). The number of aryl methyl sites for hydroxylation is 1.